The lowest BCUT2D eigenvalue weighted by atomic mass is 10.4. The summed E-state index contributed by atoms with van der Waals surface area (Å²) in [4.78, 5) is 10.5. The van der Waals surface area contributed by atoms with E-state index in [1.165, 1.54) is 4.68 Å². The molecule has 7 nitrogen and oxygen atoms in total. The molecule has 0 radical (unpaired) electrons. The Kier molecular flexibility index (Phi) is 4.37. The summed E-state index contributed by atoms with van der Waals surface area (Å²) in [6.07, 6.45) is 0.580. The number of ether oxygens (including phenoxy) is 1. The van der Waals surface area contributed by atoms with Crippen LogP contribution in [0.1, 0.15) is 5.82 Å². The number of amides is 1. The predicted molar refractivity (Wildman–Crippen MR) is 55.7 cm³/mol. The largest absolute Gasteiger partial charge is 0.384 e. The van der Waals surface area contributed by atoms with Gasteiger partial charge in [0.05, 0.1) is 12.4 Å². The van der Waals surface area contributed by atoms with Gasteiger partial charge in [-0.3, -0.25) is 4.79 Å². The molecular formula is C7H13N5O2S. The highest BCUT2D eigenvalue weighted by atomic mass is 32.2. The van der Waals surface area contributed by atoms with Crippen LogP contribution >= 0.6 is 11.8 Å². The molecule has 0 fully saturated rings. The van der Waals surface area contributed by atoms with E-state index in [1.54, 1.807) is 7.11 Å². The molecule has 0 aliphatic rings. The number of primary amides is 1. The van der Waals surface area contributed by atoms with Crippen molar-refractivity contribution in [2.24, 2.45) is 5.73 Å². The van der Waals surface area contributed by atoms with Crippen LogP contribution in [-0.2, 0) is 16.0 Å². The molecule has 1 rings (SSSR count). The lowest BCUT2D eigenvalue weighted by molar-refractivity contribution is -0.115. The minimum Gasteiger partial charge on any atom is -0.384 e. The molecule has 0 aliphatic carbocycles. The van der Waals surface area contributed by atoms with E-state index < -0.39 is 5.91 Å². The molecule has 0 atom stereocenters. The number of rotatable bonds is 6. The number of methoxy groups -OCH3 is 1. The zero-order chi connectivity index (χ0) is 11.3. The van der Waals surface area contributed by atoms with Gasteiger partial charge in [0.15, 0.2) is 5.82 Å². The second-order valence-electron chi connectivity index (χ2n) is 2.77. The highest BCUT2D eigenvalue weighted by Gasteiger charge is 2.10. The van der Waals surface area contributed by atoms with Crippen molar-refractivity contribution in [3.8, 4) is 0 Å². The number of hydrogen-bond donors (Lipinski definition) is 2. The first-order valence-electron chi connectivity index (χ1n) is 4.24. The number of hydrogen-bond acceptors (Lipinski definition) is 6. The Balaban J connectivity index is 2.58. The molecule has 1 heterocycles. The van der Waals surface area contributed by atoms with Crippen molar-refractivity contribution in [3.63, 3.8) is 0 Å². The molecule has 8 heteroatoms. The Labute approximate surface area is 91.1 Å². The van der Waals surface area contributed by atoms with Gasteiger partial charge in [0, 0.05) is 13.5 Å². The van der Waals surface area contributed by atoms with E-state index in [-0.39, 0.29) is 5.75 Å². The Morgan fingerprint density at radius 3 is 2.93 bits per heavy atom. The Hall–Kier alpha value is -1.28. The fraction of sp³-hybridized carbons (Fsp3) is 0.571. The number of nitrogen functional groups attached to an aromatic ring is 1. The first-order valence-corrected chi connectivity index (χ1v) is 5.23. The lowest BCUT2D eigenvalue weighted by Gasteiger charge is -2.01. The lowest BCUT2D eigenvalue weighted by Crippen LogP contribution is -2.17. The number of aromatic nitrogens is 3. The summed E-state index contributed by atoms with van der Waals surface area (Å²) >= 11 is 1.16. The molecule has 0 aliphatic heterocycles. The fourth-order valence-electron chi connectivity index (χ4n) is 0.905. The van der Waals surface area contributed by atoms with Crippen LogP contribution in [0.25, 0.3) is 0 Å². The highest BCUT2D eigenvalue weighted by molar-refractivity contribution is 7.99. The van der Waals surface area contributed by atoms with E-state index in [4.69, 9.17) is 16.3 Å². The normalized spacial score (nSPS) is 10.5. The molecule has 0 spiro atoms. The SMILES string of the molecule is COCCc1nnc(SCC(N)=O)n1N. The molecule has 0 aromatic carbocycles. The number of carbonyl (C=O) groups excluding carboxylic acids is 1. The third-order valence-electron chi connectivity index (χ3n) is 1.61. The second kappa shape index (κ2) is 5.56. The molecule has 0 saturated carbocycles. The summed E-state index contributed by atoms with van der Waals surface area (Å²) in [5, 5.41) is 8.17. The van der Waals surface area contributed by atoms with Crippen molar-refractivity contribution in [1.29, 1.82) is 0 Å². The van der Waals surface area contributed by atoms with Crippen molar-refractivity contribution in [2.45, 2.75) is 11.6 Å². The molecule has 0 saturated heterocycles. The number of nitrogens with zero attached hydrogens (tertiary/aromatic N) is 3. The first-order chi connectivity index (χ1) is 7.15. The van der Waals surface area contributed by atoms with E-state index >= 15 is 0 Å². The van der Waals surface area contributed by atoms with Gasteiger partial charge in [-0.2, -0.15) is 0 Å². The highest BCUT2D eigenvalue weighted by Crippen LogP contribution is 2.13. The minimum atomic E-state index is -0.415. The van der Waals surface area contributed by atoms with E-state index in [1.807, 2.05) is 0 Å². The number of thioether (sulfide) groups is 1. The first kappa shape index (κ1) is 11.8. The summed E-state index contributed by atoms with van der Waals surface area (Å²) in [5.74, 6) is 6.03. The van der Waals surface area contributed by atoms with E-state index in [0.717, 1.165) is 11.8 Å². The van der Waals surface area contributed by atoms with Gasteiger partial charge in [0.1, 0.15) is 0 Å². The minimum absolute atomic E-state index is 0.139. The van der Waals surface area contributed by atoms with Crippen LogP contribution in [0.4, 0.5) is 0 Å². The van der Waals surface area contributed by atoms with E-state index in [0.29, 0.717) is 24.0 Å². The van der Waals surface area contributed by atoms with Crippen LogP contribution in [0, 0.1) is 0 Å². The zero-order valence-electron chi connectivity index (χ0n) is 8.34. The van der Waals surface area contributed by atoms with Gasteiger partial charge >= 0.3 is 0 Å². The van der Waals surface area contributed by atoms with E-state index in [2.05, 4.69) is 10.2 Å². The van der Waals surface area contributed by atoms with Crippen LogP contribution in [0.5, 0.6) is 0 Å². The maximum absolute atomic E-state index is 10.5. The van der Waals surface area contributed by atoms with Gasteiger partial charge in [-0.25, -0.2) is 4.68 Å². The summed E-state index contributed by atoms with van der Waals surface area (Å²) < 4.78 is 6.23. The van der Waals surface area contributed by atoms with Gasteiger partial charge in [0.25, 0.3) is 0 Å². The fourth-order valence-corrected chi connectivity index (χ4v) is 1.52. The Morgan fingerprint density at radius 1 is 1.60 bits per heavy atom. The smallest absolute Gasteiger partial charge is 0.227 e. The third-order valence-corrected chi connectivity index (χ3v) is 2.57. The van der Waals surface area contributed by atoms with Crippen LogP contribution < -0.4 is 11.6 Å². The molecule has 15 heavy (non-hydrogen) atoms. The molecule has 1 aromatic rings. The summed E-state index contributed by atoms with van der Waals surface area (Å²) in [7, 11) is 1.60. The topological polar surface area (TPSA) is 109 Å². The van der Waals surface area contributed by atoms with E-state index in [9.17, 15) is 4.79 Å². The average Bonchev–Trinajstić information content (AvgIpc) is 2.54. The Bertz CT molecular complexity index is 340. The molecule has 4 N–H and O–H groups in total. The number of carbonyl (C=O) groups is 1. The van der Waals surface area contributed by atoms with Gasteiger partial charge in [0.2, 0.25) is 11.1 Å². The van der Waals surface area contributed by atoms with Gasteiger partial charge < -0.3 is 16.3 Å². The van der Waals surface area contributed by atoms with Crippen molar-refractivity contribution in [1.82, 2.24) is 14.9 Å². The molecule has 1 amide bonds. The molecular weight excluding hydrogens is 218 g/mol. The third kappa shape index (κ3) is 3.40. The van der Waals surface area contributed by atoms with Crippen molar-refractivity contribution in [3.05, 3.63) is 5.82 Å². The van der Waals surface area contributed by atoms with Crippen LogP contribution in [-0.4, -0.2) is 40.3 Å². The maximum Gasteiger partial charge on any atom is 0.227 e. The Morgan fingerprint density at radius 2 is 2.33 bits per heavy atom. The monoisotopic (exact) mass is 231 g/mol. The molecule has 0 bridgehead atoms. The quantitative estimate of drug-likeness (QED) is 0.468. The average molecular weight is 231 g/mol. The van der Waals surface area contributed by atoms with Crippen molar-refractivity contribution < 1.29 is 9.53 Å². The van der Waals surface area contributed by atoms with Crippen molar-refractivity contribution >= 4 is 17.7 Å². The van der Waals surface area contributed by atoms with Gasteiger partial charge in [-0.1, -0.05) is 11.8 Å². The van der Waals surface area contributed by atoms with Crippen molar-refractivity contribution in [2.75, 3.05) is 25.3 Å². The summed E-state index contributed by atoms with van der Waals surface area (Å²) in [5.41, 5.74) is 5.00. The second-order valence-corrected chi connectivity index (χ2v) is 3.71. The summed E-state index contributed by atoms with van der Waals surface area (Å²) in [6, 6.07) is 0. The zero-order valence-corrected chi connectivity index (χ0v) is 9.16. The predicted octanol–water partition coefficient (Wildman–Crippen LogP) is -1.24. The van der Waals surface area contributed by atoms with Gasteiger partial charge in [-0.15, -0.1) is 10.2 Å². The molecule has 1 aromatic heterocycles. The van der Waals surface area contributed by atoms with Crippen LogP contribution in [0.3, 0.4) is 0 Å². The molecule has 84 valence electrons. The van der Waals surface area contributed by atoms with Crippen LogP contribution in [0.2, 0.25) is 0 Å². The number of nitrogens with two attached hydrogens (primary N) is 2. The molecule has 0 unspecified atom stereocenters. The maximum atomic E-state index is 10.5. The van der Waals surface area contributed by atoms with Gasteiger partial charge in [-0.05, 0) is 0 Å². The summed E-state index contributed by atoms with van der Waals surface area (Å²) in [6.45, 7) is 0.524. The standard InChI is InChI=1S/C7H13N5O2S/c1-14-3-2-6-10-11-7(12(6)9)15-4-5(8)13/h2-4,9H2,1H3,(H2,8,13). The van der Waals surface area contributed by atoms with Crippen LogP contribution in [0.15, 0.2) is 5.16 Å².